The van der Waals surface area contributed by atoms with Crippen molar-refractivity contribution in [3.8, 4) is 11.3 Å². The fourth-order valence-electron chi connectivity index (χ4n) is 4.21. The Morgan fingerprint density at radius 3 is 2.45 bits per heavy atom. The van der Waals surface area contributed by atoms with Crippen molar-refractivity contribution in [1.29, 1.82) is 0 Å². The van der Waals surface area contributed by atoms with Gasteiger partial charge in [-0.1, -0.05) is 44.5 Å². The average molecular weight is 548 g/mol. The number of carboxylic acid groups (broad SMARTS) is 1. The van der Waals surface area contributed by atoms with E-state index in [0.29, 0.717) is 30.3 Å². The van der Waals surface area contributed by atoms with Gasteiger partial charge in [0.2, 0.25) is 0 Å². The van der Waals surface area contributed by atoms with Crippen LogP contribution in [0.1, 0.15) is 40.2 Å². The summed E-state index contributed by atoms with van der Waals surface area (Å²) in [7, 11) is 1.28. The molecular formula is C27H35ClFN5O4. The summed E-state index contributed by atoms with van der Waals surface area (Å²) < 4.78 is 19.5. The van der Waals surface area contributed by atoms with E-state index in [4.69, 9.17) is 21.3 Å². The van der Waals surface area contributed by atoms with Crippen molar-refractivity contribution in [3.05, 3.63) is 46.7 Å². The van der Waals surface area contributed by atoms with Crippen LogP contribution in [0.25, 0.3) is 11.3 Å². The standard InChI is InChI=1S/C27H35ClFN5O4/c1-16-14-34(26(36)37)17(2)13-33(16)25(30-12-22(35)38-6)19-11-20(28)23(18-9-7-8-10-21(18)29)32-24(19)31-15-27(3,4)5/h7-11,16-17H,12-15H2,1-6H3,(H,31,32)(H,36,37)/t16-,17+/m0/s1. The largest absolute Gasteiger partial charge is 0.468 e. The summed E-state index contributed by atoms with van der Waals surface area (Å²) in [6.45, 7) is 10.8. The van der Waals surface area contributed by atoms with E-state index in [1.54, 1.807) is 24.3 Å². The number of esters is 1. The fourth-order valence-corrected chi connectivity index (χ4v) is 4.46. The number of aliphatic imine (C=N–C) groups is 1. The number of halogens is 2. The molecule has 0 unspecified atom stereocenters. The molecule has 1 aliphatic rings. The van der Waals surface area contributed by atoms with Crippen molar-refractivity contribution in [2.75, 3.05) is 38.6 Å². The summed E-state index contributed by atoms with van der Waals surface area (Å²) in [5, 5.41) is 13.2. The molecule has 2 aromatic rings. The summed E-state index contributed by atoms with van der Waals surface area (Å²) in [6, 6.07) is 7.32. The highest BCUT2D eigenvalue weighted by Gasteiger charge is 2.35. The van der Waals surface area contributed by atoms with E-state index in [2.05, 4.69) is 31.1 Å². The lowest BCUT2D eigenvalue weighted by Gasteiger charge is -2.44. The molecule has 1 aliphatic heterocycles. The van der Waals surface area contributed by atoms with E-state index in [0.717, 1.165) is 0 Å². The molecule has 2 N–H and O–H groups in total. The maximum absolute atomic E-state index is 14.7. The molecule has 1 amide bonds. The quantitative estimate of drug-likeness (QED) is 0.298. The predicted molar refractivity (Wildman–Crippen MR) is 146 cm³/mol. The number of aromatic nitrogens is 1. The molecule has 38 heavy (non-hydrogen) atoms. The molecule has 2 atom stereocenters. The Bertz CT molecular complexity index is 1220. The molecule has 0 aliphatic carbocycles. The first kappa shape index (κ1) is 29.2. The van der Waals surface area contributed by atoms with Crippen LogP contribution in [0.3, 0.4) is 0 Å². The van der Waals surface area contributed by atoms with Gasteiger partial charge in [0.15, 0.2) is 0 Å². The molecule has 2 heterocycles. The van der Waals surface area contributed by atoms with Crippen LogP contribution < -0.4 is 5.32 Å². The van der Waals surface area contributed by atoms with Crippen LogP contribution in [0.15, 0.2) is 35.3 Å². The molecule has 1 aromatic heterocycles. The Hall–Kier alpha value is -3.40. The zero-order valence-electron chi connectivity index (χ0n) is 22.6. The van der Waals surface area contributed by atoms with E-state index in [1.807, 2.05) is 18.7 Å². The molecule has 1 aromatic carbocycles. The smallest absolute Gasteiger partial charge is 0.407 e. The van der Waals surface area contributed by atoms with E-state index in [9.17, 15) is 19.1 Å². The molecule has 1 fully saturated rings. The second kappa shape index (κ2) is 12.0. The Morgan fingerprint density at radius 1 is 1.21 bits per heavy atom. The van der Waals surface area contributed by atoms with Gasteiger partial charge in [-0.05, 0) is 37.5 Å². The Balaban J connectivity index is 2.18. The van der Waals surface area contributed by atoms with Gasteiger partial charge in [-0.15, -0.1) is 0 Å². The molecule has 0 radical (unpaired) electrons. The fraction of sp³-hybridized carbons (Fsp3) is 0.481. The van der Waals surface area contributed by atoms with Crippen molar-refractivity contribution in [3.63, 3.8) is 0 Å². The first-order valence-corrected chi connectivity index (χ1v) is 12.8. The van der Waals surface area contributed by atoms with Crippen molar-refractivity contribution in [2.45, 2.75) is 46.7 Å². The monoisotopic (exact) mass is 547 g/mol. The normalized spacial score (nSPS) is 18.4. The number of benzene rings is 1. The SMILES string of the molecule is COC(=O)CN=C(c1cc(Cl)c(-c2ccccc2F)nc1NCC(C)(C)C)N1C[C@@H](C)N(C(=O)O)C[C@@H]1C. The topological polar surface area (TPSA) is 107 Å². The van der Waals surface area contributed by atoms with Crippen LogP contribution in [0.5, 0.6) is 0 Å². The molecule has 0 saturated carbocycles. The van der Waals surface area contributed by atoms with Crippen LogP contribution in [-0.4, -0.2) is 83.2 Å². The average Bonchev–Trinajstić information content (AvgIpc) is 2.84. The number of methoxy groups -OCH3 is 1. The van der Waals surface area contributed by atoms with Crippen LogP contribution in [0, 0.1) is 11.2 Å². The van der Waals surface area contributed by atoms with Crippen LogP contribution in [0.4, 0.5) is 15.0 Å². The van der Waals surface area contributed by atoms with Gasteiger partial charge in [0.25, 0.3) is 0 Å². The number of rotatable bonds is 6. The highest BCUT2D eigenvalue weighted by molar-refractivity contribution is 6.33. The maximum atomic E-state index is 14.7. The second-order valence-electron chi connectivity index (χ2n) is 10.6. The van der Waals surface area contributed by atoms with Crippen molar-refractivity contribution in [1.82, 2.24) is 14.8 Å². The minimum absolute atomic E-state index is 0.116. The number of ether oxygens (including phenoxy) is 1. The van der Waals surface area contributed by atoms with Gasteiger partial charge in [-0.3, -0.25) is 9.79 Å². The number of hydrogen-bond acceptors (Lipinski definition) is 6. The number of nitrogens with one attached hydrogen (secondary N) is 1. The maximum Gasteiger partial charge on any atom is 0.407 e. The summed E-state index contributed by atoms with van der Waals surface area (Å²) >= 11 is 6.69. The third-order valence-corrected chi connectivity index (χ3v) is 6.51. The second-order valence-corrected chi connectivity index (χ2v) is 11.0. The van der Waals surface area contributed by atoms with Crippen LogP contribution in [0.2, 0.25) is 5.02 Å². The third kappa shape index (κ3) is 6.92. The molecular weight excluding hydrogens is 513 g/mol. The Kier molecular flexibility index (Phi) is 9.19. The number of anilines is 1. The minimum atomic E-state index is -0.997. The summed E-state index contributed by atoms with van der Waals surface area (Å²) in [5.41, 5.74) is 0.933. The molecule has 0 spiro atoms. The lowest BCUT2D eigenvalue weighted by Crippen LogP contribution is -2.59. The number of pyridine rings is 1. The van der Waals surface area contributed by atoms with Gasteiger partial charge in [0, 0.05) is 37.3 Å². The number of nitrogens with zero attached hydrogens (tertiary/aromatic N) is 4. The molecule has 206 valence electrons. The minimum Gasteiger partial charge on any atom is -0.468 e. The summed E-state index contributed by atoms with van der Waals surface area (Å²) in [5.74, 6) is -0.140. The number of amidine groups is 1. The van der Waals surface area contributed by atoms with Gasteiger partial charge in [0.1, 0.15) is 24.0 Å². The zero-order chi connectivity index (χ0) is 28.2. The summed E-state index contributed by atoms with van der Waals surface area (Å²) in [6.07, 6.45) is -0.997. The Morgan fingerprint density at radius 2 is 1.84 bits per heavy atom. The third-order valence-electron chi connectivity index (χ3n) is 6.22. The number of amides is 1. The predicted octanol–water partition coefficient (Wildman–Crippen LogP) is 4.99. The van der Waals surface area contributed by atoms with Gasteiger partial charge in [0.05, 0.1) is 23.4 Å². The van der Waals surface area contributed by atoms with Gasteiger partial charge in [-0.25, -0.2) is 14.2 Å². The van der Waals surface area contributed by atoms with Crippen LogP contribution >= 0.6 is 11.6 Å². The van der Waals surface area contributed by atoms with E-state index >= 15 is 0 Å². The first-order valence-electron chi connectivity index (χ1n) is 12.4. The number of carbonyl (C=O) groups excluding carboxylic acids is 1. The van der Waals surface area contributed by atoms with E-state index in [-0.39, 0.29) is 46.9 Å². The van der Waals surface area contributed by atoms with Gasteiger partial charge >= 0.3 is 12.1 Å². The molecule has 11 heteroatoms. The van der Waals surface area contributed by atoms with E-state index < -0.39 is 17.9 Å². The molecule has 1 saturated heterocycles. The number of carbonyl (C=O) groups is 2. The van der Waals surface area contributed by atoms with Crippen molar-refractivity contribution in [2.24, 2.45) is 10.4 Å². The number of piperazine rings is 1. The van der Waals surface area contributed by atoms with Gasteiger partial charge < -0.3 is 25.0 Å². The lowest BCUT2D eigenvalue weighted by molar-refractivity contribution is -0.138. The summed E-state index contributed by atoms with van der Waals surface area (Å²) in [4.78, 5) is 36.5. The lowest BCUT2D eigenvalue weighted by atomic mass is 9.97. The Labute approximate surface area is 227 Å². The van der Waals surface area contributed by atoms with Crippen LogP contribution in [-0.2, 0) is 9.53 Å². The van der Waals surface area contributed by atoms with Crippen molar-refractivity contribution < 1.29 is 23.8 Å². The highest BCUT2D eigenvalue weighted by atomic mass is 35.5. The highest BCUT2D eigenvalue weighted by Crippen LogP contribution is 2.33. The molecule has 3 rings (SSSR count). The molecule has 0 bridgehead atoms. The van der Waals surface area contributed by atoms with Gasteiger partial charge in [-0.2, -0.15) is 0 Å². The first-order chi connectivity index (χ1) is 17.8. The van der Waals surface area contributed by atoms with Crippen molar-refractivity contribution >= 4 is 35.3 Å². The van der Waals surface area contributed by atoms with E-state index in [1.165, 1.54) is 18.1 Å². The number of hydrogen-bond donors (Lipinski definition) is 2. The molecule has 9 nitrogen and oxygen atoms in total. The zero-order valence-corrected chi connectivity index (χ0v) is 23.3.